The number of fused-ring (bicyclic) bond motifs is 1. The van der Waals surface area contributed by atoms with Crippen molar-refractivity contribution in [3.05, 3.63) is 0 Å². The third-order valence-corrected chi connectivity index (χ3v) is 2.21. The van der Waals surface area contributed by atoms with Gasteiger partial charge in [-0.2, -0.15) is 0 Å². The topological polar surface area (TPSA) is 65.0 Å². The molecule has 0 spiro atoms. The molecule has 2 heterocycles. The first-order chi connectivity index (χ1) is 5.62. The Kier molecular flexibility index (Phi) is 1.61. The second-order valence-electron chi connectivity index (χ2n) is 3.16. The molecule has 68 valence electrons. The third kappa shape index (κ3) is 0.939. The molecule has 5 heteroatoms. The Bertz CT molecular complexity index is 212. The molecule has 0 unspecified atom stereocenters. The summed E-state index contributed by atoms with van der Waals surface area (Å²) < 4.78 is 14.9. The Labute approximate surface area is 69.2 Å². The van der Waals surface area contributed by atoms with Crippen LogP contribution in [-0.2, 0) is 19.0 Å². The van der Waals surface area contributed by atoms with Gasteiger partial charge in [-0.25, -0.2) is 4.79 Å². The van der Waals surface area contributed by atoms with Crippen molar-refractivity contribution in [2.45, 2.75) is 24.7 Å². The summed E-state index contributed by atoms with van der Waals surface area (Å²) in [4.78, 5) is 11.1. The summed E-state index contributed by atoms with van der Waals surface area (Å²) in [6.07, 6.45) is -0.906. The largest absolute Gasteiger partial charge is 0.461 e. The SMILES string of the molecule is C[C@@]1(O)C(=O)OC[C@H]2OCO[C@H]21. The first-order valence-corrected chi connectivity index (χ1v) is 3.75. The lowest BCUT2D eigenvalue weighted by Gasteiger charge is -2.34. The van der Waals surface area contributed by atoms with Crippen LogP contribution in [0.15, 0.2) is 0 Å². The molecule has 0 bridgehead atoms. The fourth-order valence-electron chi connectivity index (χ4n) is 1.47. The van der Waals surface area contributed by atoms with Crippen molar-refractivity contribution in [1.82, 2.24) is 0 Å². The van der Waals surface area contributed by atoms with Crippen LogP contribution in [-0.4, -0.2) is 42.3 Å². The maximum absolute atomic E-state index is 11.1. The molecule has 0 amide bonds. The zero-order valence-corrected chi connectivity index (χ0v) is 6.65. The van der Waals surface area contributed by atoms with E-state index in [2.05, 4.69) is 0 Å². The van der Waals surface area contributed by atoms with E-state index in [1.54, 1.807) is 0 Å². The van der Waals surface area contributed by atoms with Crippen LogP contribution in [0.5, 0.6) is 0 Å². The average molecular weight is 174 g/mol. The highest BCUT2D eigenvalue weighted by Gasteiger charge is 2.53. The second-order valence-corrected chi connectivity index (χ2v) is 3.16. The molecule has 2 aliphatic heterocycles. The monoisotopic (exact) mass is 174 g/mol. The number of esters is 1. The minimum atomic E-state index is -1.57. The van der Waals surface area contributed by atoms with Gasteiger partial charge in [0.05, 0.1) is 0 Å². The Hall–Kier alpha value is -0.650. The first kappa shape index (κ1) is 7.97. The van der Waals surface area contributed by atoms with Gasteiger partial charge in [0.2, 0.25) is 0 Å². The summed E-state index contributed by atoms with van der Waals surface area (Å²) in [7, 11) is 0. The van der Waals surface area contributed by atoms with Gasteiger partial charge in [-0.3, -0.25) is 0 Å². The Morgan fingerprint density at radius 1 is 1.58 bits per heavy atom. The predicted octanol–water partition coefficient (Wildman–Crippen LogP) is -0.964. The summed E-state index contributed by atoms with van der Waals surface area (Å²) in [5.41, 5.74) is -1.57. The maximum Gasteiger partial charge on any atom is 0.340 e. The maximum atomic E-state index is 11.1. The summed E-state index contributed by atoms with van der Waals surface area (Å²) in [6, 6.07) is 0. The molecule has 5 nitrogen and oxygen atoms in total. The van der Waals surface area contributed by atoms with E-state index in [9.17, 15) is 9.90 Å². The number of hydrogen-bond acceptors (Lipinski definition) is 5. The standard InChI is InChI=1S/C7H10O5/c1-7(9)5-4(11-3-12-5)2-10-6(7)8/h4-5,9H,2-3H2,1H3/t4-,5-,7+/m1/s1. The van der Waals surface area contributed by atoms with Gasteiger partial charge in [0.15, 0.2) is 5.60 Å². The van der Waals surface area contributed by atoms with Gasteiger partial charge in [-0.05, 0) is 6.92 Å². The van der Waals surface area contributed by atoms with Crippen molar-refractivity contribution in [3.63, 3.8) is 0 Å². The fraction of sp³-hybridized carbons (Fsp3) is 0.857. The van der Waals surface area contributed by atoms with Gasteiger partial charge in [-0.1, -0.05) is 0 Å². The van der Waals surface area contributed by atoms with Gasteiger partial charge in [0.25, 0.3) is 0 Å². The molecular weight excluding hydrogens is 164 g/mol. The van der Waals surface area contributed by atoms with Crippen molar-refractivity contribution in [2.24, 2.45) is 0 Å². The van der Waals surface area contributed by atoms with Crippen molar-refractivity contribution < 1.29 is 24.1 Å². The summed E-state index contributed by atoms with van der Waals surface area (Å²) in [5.74, 6) is -0.644. The Balaban J connectivity index is 2.23. The zero-order valence-electron chi connectivity index (χ0n) is 6.65. The van der Waals surface area contributed by atoms with Crippen LogP contribution < -0.4 is 0 Å². The molecule has 0 aromatic heterocycles. The molecule has 0 aliphatic carbocycles. The van der Waals surface area contributed by atoms with E-state index in [4.69, 9.17) is 14.2 Å². The normalized spacial score (nSPS) is 47.0. The van der Waals surface area contributed by atoms with Crippen LogP contribution in [0.4, 0.5) is 0 Å². The van der Waals surface area contributed by atoms with Crippen LogP contribution in [0, 0.1) is 0 Å². The number of hydrogen-bond donors (Lipinski definition) is 1. The van der Waals surface area contributed by atoms with Crippen molar-refractivity contribution in [3.8, 4) is 0 Å². The van der Waals surface area contributed by atoms with Crippen LogP contribution in [0.1, 0.15) is 6.92 Å². The van der Waals surface area contributed by atoms with E-state index >= 15 is 0 Å². The zero-order chi connectivity index (χ0) is 8.77. The molecule has 2 fully saturated rings. The molecule has 2 aliphatic rings. The molecule has 2 saturated heterocycles. The average Bonchev–Trinajstić information content (AvgIpc) is 2.46. The van der Waals surface area contributed by atoms with Gasteiger partial charge in [0.1, 0.15) is 25.6 Å². The van der Waals surface area contributed by atoms with Crippen LogP contribution in [0.3, 0.4) is 0 Å². The van der Waals surface area contributed by atoms with Gasteiger partial charge in [-0.15, -0.1) is 0 Å². The lowest BCUT2D eigenvalue weighted by Crippen LogP contribution is -2.57. The number of aliphatic hydroxyl groups is 1. The molecular formula is C7H10O5. The van der Waals surface area contributed by atoms with Crippen LogP contribution in [0.2, 0.25) is 0 Å². The highest BCUT2D eigenvalue weighted by molar-refractivity contribution is 5.80. The smallest absolute Gasteiger partial charge is 0.340 e. The molecule has 0 radical (unpaired) electrons. The van der Waals surface area contributed by atoms with Crippen molar-refractivity contribution in [1.29, 1.82) is 0 Å². The Morgan fingerprint density at radius 2 is 2.33 bits per heavy atom. The molecule has 0 saturated carbocycles. The predicted molar refractivity (Wildman–Crippen MR) is 36.2 cm³/mol. The number of cyclic esters (lactones) is 1. The molecule has 3 atom stereocenters. The number of carbonyl (C=O) groups is 1. The number of rotatable bonds is 0. The highest BCUT2D eigenvalue weighted by Crippen LogP contribution is 2.29. The van der Waals surface area contributed by atoms with E-state index < -0.39 is 17.7 Å². The van der Waals surface area contributed by atoms with Gasteiger partial charge in [0, 0.05) is 0 Å². The molecule has 12 heavy (non-hydrogen) atoms. The first-order valence-electron chi connectivity index (χ1n) is 3.75. The van der Waals surface area contributed by atoms with Crippen LogP contribution >= 0.6 is 0 Å². The fourth-order valence-corrected chi connectivity index (χ4v) is 1.47. The van der Waals surface area contributed by atoms with E-state index in [1.165, 1.54) is 6.92 Å². The third-order valence-electron chi connectivity index (χ3n) is 2.21. The van der Waals surface area contributed by atoms with Crippen molar-refractivity contribution in [2.75, 3.05) is 13.4 Å². The van der Waals surface area contributed by atoms with E-state index in [1.807, 2.05) is 0 Å². The van der Waals surface area contributed by atoms with E-state index in [0.29, 0.717) is 0 Å². The van der Waals surface area contributed by atoms with Crippen molar-refractivity contribution >= 4 is 5.97 Å². The Morgan fingerprint density at radius 3 is 3.08 bits per heavy atom. The number of carbonyl (C=O) groups excluding carboxylic acids is 1. The second kappa shape index (κ2) is 2.42. The lowest BCUT2D eigenvalue weighted by atomic mass is 9.93. The molecule has 1 N–H and O–H groups in total. The molecule has 0 aromatic carbocycles. The summed E-state index contributed by atoms with van der Waals surface area (Å²) in [5, 5.41) is 9.63. The van der Waals surface area contributed by atoms with E-state index in [-0.39, 0.29) is 19.5 Å². The van der Waals surface area contributed by atoms with Gasteiger partial charge >= 0.3 is 5.97 Å². The lowest BCUT2D eigenvalue weighted by molar-refractivity contribution is -0.192. The summed E-state index contributed by atoms with van der Waals surface area (Å²) in [6.45, 7) is 1.66. The summed E-state index contributed by atoms with van der Waals surface area (Å²) >= 11 is 0. The van der Waals surface area contributed by atoms with E-state index in [0.717, 1.165) is 0 Å². The minimum Gasteiger partial charge on any atom is -0.461 e. The van der Waals surface area contributed by atoms with Crippen LogP contribution in [0.25, 0.3) is 0 Å². The highest BCUT2D eigenvalue weighted by atomic mass is 16.7. The molecule has 2 rings (SSSR count). The minimum absolute atomic E-state index is 0.113. The number of ether oxygens (including phenoxy) is 3. The molecule has 0 aromatic rings. The quantitative estimate of drug-likeness (QED) is 0.479. The van der Waals surface area contributed by atoms with Gasteiger partial charge < -0.3 is 19.3 Å².